The largest absolute Gasteiger partial charge is 0.372 e. The molecule has 0 fully saturated rings. The van der Waals surface area contributed by atoms with Crippen molar-refractivity contribution in [2.45, 2.75) is 194 Å². The lowest BCUT2D eigenvalue weighted by molar-refractivity contribution is -0.123. The number of rotatable bonds is 32. The van der Waals surface area contributed by atoms with Gasteiger partial charge in [-0.2, -0.15) is 0 Å². The second kappa shape index (κ2) is 29.2. The first-order chi connectivity index (χ1) is 20.2. The molecule has 1 aliphatic heterocycles. The fourth-order valence-electron chi connectivity index (χ4n) is 6.51. The zero-order chi connectivity index (χ0) is 29.6. The summed E-state index contributed by atoms with van der Waals surface area (Å²) in [6.45, 7) is 6.89. The smallest absolute Gasteiger partial charge is 0.137 e. The topological polar surface area (TPSA) is 67.5 Å². The second-order valence-corrected chi connectivity index (χ2v) is 13.2. The molecule has 0 saturated heterocycles. The Balaban J connectivity index is 2.14. The van der Waals surface area contributed by atoms with Crippen molar-refractivity contribution in [2.24, 2.45) is 22.6 Å². The van der Waals surface area contributed by atoms with Crippen molar-refractivity contribution in [3.63, 3.8) is 0 Å². The fraction of sp³-hybridized carbons (Fsp3) is 0.946. The van der Waals surface area contributed by atoms with Gasteiger partial charge in [-0.3, -0.25) is 9.79 Å². The molecular formula is C37H73N3O. The minimum Gasteiger partial charge on any atom is -0.372 e. The van der Waals surface area contributed by atoms with Crippen LogP contribution < -0.4 is 11.1 Å². The van der Waals surface area contributed by atoms with Gasteiger partial charge in [0.2, 0.25) is 0 Å². The molecule has 0 radical (unpaired) electrons. The van der Waals surface area contributed by atoms with Gasteiger partial charge in [-0.15, -0.1) is 0 Å². The number of nitrogens with zero attached hydrogens (tertiary/aromatic N) is 1. The molecule has 2 unspecified atom stereocenters. The standard InChI is InChI=1S/C37H73N3O/c1-3-5-7-9-11-13-15-17-19-21-23-25-27-29-36(41)35(33-38)32-34(37-39-30-31-40-37)28-26-24-22-20-18-16-14-12-10-8-6-4-2/h34-35H,3-33,38H2,1-2H3,(H,39,40). The molecule has 0 aromatic carbocycles. The van der Waals surface area contributed by atoms with Gasteiger partial charge in [0, 0.05) is 31.3 Å². The number of carbonyl (C=O) groups excluding carboxylic acids is 1. The molecule has 0 aromatic heterocycles. The normalized spacial score (nSPS) is 14.7. The number of nitrogens with one attached hydrogen (secondary N) is 1. The van der Waals surface area contributed by atoms with Crippen LogP contribution in [0.15, 0.2) is 4.99 Å². The van der Waals surface area contributed by atoms with E-state index in [1.807, 2.05) is 0 Å². The van der Waals surface area contributed by atoms with Gasteiger partial charge in [0.05, 0.1) is 12.4 Å². The van der Waals surface area contributed by atoms with E-state index in [-0.39, 0.29) is 5.92 Å². The Hall–Kier alpha value is -0.900. The lowest BCUT2D eigenvalue weighted by Gasteiger charge is -2.22. The van der Waals surface area contributed by atoms with Gasteiger partial charge >= 0.3 is 0 Å². The maximum atomic E-state index is 13.1. The van der Waals surface area contributed by atoms with E-state index >= 15 is 0 Å². The Labute approximate surface area is 257 Å². The summed E-state index contributed by atoms with van der Waals surface area (Å²) in [5, 5.41) is 3.51. The van der Waals surface area contributed by atoms with E-state index in [2.05, 4.69) is 19.2 Å². The van der Waals surface area contributed by atoms with Crippen LogP contribution in [0.5, 0.6) is 0 Å². The molecule has 1 rings (SSSR count). The molecule has 0 saturated carbocycles. The summed E-state index contributed by atoms with van der Waals surface area (Å²) < 4.78 is 0. The predicted molar refractivity (Wildman–Crippen MR) is 182 cm³/mol. The van der Waals surface area contributed by atoms with E-state index in [9.17, 15) is 4.79 Å². The Morgan fingerprint density at radius 1 is 0.659 bits per heavy atom. The third-order valence-electron chi connectivity index (χ3n) is 9.33. The van der Waals surface area contributed by atoms with E-state index in [0.717, 1.165) is 38.2 Å². The van der Waals surface area contributed by atoms with Crippen LogP contribution in [0, 0.1) is 11.8 Å². The van der Waals surface area contributed by atoms with Gasteiger partial charge in [0.15, 0.2) is 0 Å². The minimum atomic E-state index is -0.000229. The Bertz CT molecular complexity index is 605. The van der Waals surface area contributed by atoms with Crippen molar-refractivity contribution >= 4 is 11.6 Å². The summed E-state index contributed by atoms with van der Waals surface area (Å²) in [5.74, 6) is 1.93. The Kier molecular flexibility index (Phi) is 27.1. The van der Waals surface area contributed by atoms with E-state index < -0.39 is 0 Å². The highest BCUT2D eigenvalue weighted by Gasteiger charge is 2.25. The summed E-state index contributed by atoms with van der Waals surface area (Å²) in [7, 11) is 0. The zero-order valence-electron chi connectivity index (χ0n) is 28.0. The molecule has 3 N–H and O–H groups in total. The van der Waals surface area contributed by atoms with Crippen molar-refractivity contribution < 1.29 is 4.79 Å². The lowest BCUT2D eigenvalue weighted by Crippen LogP contribution is -2.33. The number of Topliss-reactive ketones (excluding diaryl/α,β-unsaturated/α-hetero) is 1. The number of amidine groups is 1. The molecule has 41 heavy (non-hydrogen) atoms. The molecule has 0 spiro atoms. The first-order valence-corrected chi connectivity index (χ1v) is 18.7. The molecular weight excluding hydrogens is 502 g/mol. The lowest BCUT2D eigenvalue weighted by atomic mass is 9.85. The quantitative estimate of drug-likeness (QED) is 0.0784. The van der Waals surface area contributed by atoms with Crippen LogP contribution in [0.4, 0.5) is 0 Å². The first-order valence-electron chi connectivity index (χ1n) is 18.7. The summed E-state index contributed by atoms with van der Waals surface area (Å²) in [4.78, 5) is 17.8. The number of hydrogen-bond donors (Lipinski definition) is 2. The third-order valence-corrected chi connectivity index (χ3v) is 9.33. The SMILES string of the molecule is CCCCCCCCCCCCCCCC(=O)C(CN)CC(CCCCCCCCCCCCCC)C1=NCCN1. The highest BCUT2D eigenvalue weighted by Crippen LogP contribution is 2.24. The Morgan fingerprint density at radius 3 is 1.46 bits per heavy atom. The maximum absolute atomic E-state index is 13.1. The molecule has 0 aromatic rings. The van der Waals surface area contributed by atoms with Crippen molar-refractivity contribution in [1.29, 1.82) is 0 Å². The first kappa shape index (κ1) is 38.1. The molecule has 242 valence electrons. The number of hydrogen-bond acceptors (Lipinski definition) is 4. The van der Waals surface area contributed by atoms with E-state index in [0.29, 0.717) is 24.7 Å². The van der Waals surface area contributed by atoms with Crippen LogP contribution in [0.1, 0.15) is 194 Å². The zero-order valence-corrected chi connectivity index (χ0v) is 28.0. The van der Waals surface area contributed by atoms with Crippen LogP contribution in [-0.4, -0.2) is 31.3 Å². The van der Waals surface area contributed by atoms with Crippen molar-refractivity contribution in [1.82, 2.24) is 5.32 Å². The number of carbonyl (C=O) groups is 1. The minimum absolute atomic E-state index is 0.000229. The Morgan fingerprint density at radius 2 is 1.07 bits per heavy atom. The van der Waals surface area contributed by atoms with Crippen LogP contribution in [0.2, 0.25) is 0 Å². The molecule has 4 nitrogen and oxygen atoms in total. The monoisotopic (exact) mass is 576 g/mol. The molecule has 0 aliphatic carbocycles. The van der Waals surface area contributed by atoms with E-state index in [1.54, 1.807) is 0 Å². The second-order valence-electron chi connectivity index (χ2n) is 13.2. The third kappa shape index (κ3) is 22.3. The van der Waals surface area contributed by atoms with Crippen LogP contribution >= 0.6 is 0 Å². The van der Waals surface area contributed by atoms with Gasteiger partial charge in [-0.05, 0) is 19.3 Å². The molecule has 1 aliphatic rings. The summed E-state index contributed by atoms with van der Waals surface area (Å²) in [6, 6.07) is 0. The number of unbranched alkanes of at least 4 members (excludes halogenated alkanes) is 23. The van der Waals surface area contributed by atoms with Crippen molar-refractivity contribution in [2.75, 3.05) is 19.6 Å². The van der Waals surface area contributed by atoms with E-state index in [4.69, 9.17) is 10.7 Å². The fourth-order valence-corrected chi connectivity index (χ4v) is 6.51. The number of aliphatic imine (C=N–C) groups is 1. The summed E-state index contributed by atoms with van der Waals surface area (Å²) in [5.41, 5.74) is 6.15. The number of ketones is 1. The molecule has 0 bridgehead atoms. The molecule has 4 heteroatoms. The molecule has 1 heterocycles. The van der Waals surface area contributed by atoms with Crippen molar-refractivity contribution in [3.05, 3.63) is 0 Å². The van der Waals surface area contributed by atoms with Gasteiger partial charge in [0.1, 0.15) is 5.78 Å². The van der Waals surface area contributed by atoms with Gasteiger partial charge in [-0.1, -0.05) is 168 Å². The van der Waals surface area contributed by atoms with E-state index in [1.165, 1.54) is 154 Å². The van der Waals surface area contributed by atoms with Crippen molar-refractivity contribution in [3.8, 4) is 0 Å². The highest BCUT2D eigenvalue weighted by atomic mass is 16.1. The average Bonchev–Trinajstić information content (AvgIpc) is 3.52. The van der Waals surface area contributed by atoms with Crippen LogP contribution in [-0.2, 0) is 4.79 Å². The van der Waals surface area contributed by atoms with Gasteiger partial charge < -0.3 is 11.1 Å². The average molecular weight is 576 g/mol. The maximum Gasteiger partial charge on any atom is 0.137 e. The number of nitrogens with two attached hydrogens (primary N) is 1. The van der Waals surface area contributed by atoms with Gasteiger partial charge in [0.25, 0.3) is 0 Å². The summed E-state index contributed by atoms with van der Waals surface area (Å²) in [6.07, 6.45) is 36.7. The summed E-state index contributed by atoms with van der Waals surface area (Å²) >= 11 is 0. The van der Waals surface area contributed by atoms with Crippen LogP contribution in [0.3, 0.4) is 0 Å². The predicted octanol–water partition coefficient (Wildman–Crippen LogP) is 10.7. The van der Waals surface area contributed by atoms with Crippen LogP contribution in [0.25, 0.3) is 0 Å². The highest BCUT2D eigenvalue weighted by molar-refractivity contribution is 5.87. The van der Waals surface area contributed by atoms with Gasteiger partial charge in [-0.25, -0.2) is 0 Å². The molecule has 0 amide bonds. The molecule has 2 atom stereocenters.